The normalized spacial score (nSPS) is 11.0. The van der Waals surface area contributed by atoms with Crippen LogP contribution >= 0.6 is 0 Å². The number of ether oxygens (including phenoxy) is 1. The quantitative estimate of drug-likeness (QED) is 0.814. The summed E-state index contributed by atoms with van der Waals surface area (Å²) in [4.78, 5) is 11.2. The van der Waals surface area contributed by atoms with Crippen molar-refractivity contribution in [2.24, 2.45) is 0 Å². The molecule has 5 nitrogen and oxygen atoms in total. The van der Waals surface area contributed by atoms with E-state index < -0.39 is 10.0 Å². The zero-order valence-electron chi connectivity index (χ0n) is 9.98. The Labute approximate surface area is 101 Å². The largest absolute Gasteiger partial charge is 0.492 e. The smallest absolute Gasteiger partial charge is 0.229 e. The number of anilines is 1. The first-order valence-corrected chi connectivity index (χ1v) is 6.98. The van der Waals surface area contributed by atoms with Gasteiger partial charge in [0.25, 0.3) is 0 Å². The van der Waals surface area contributed by atoms with Gasteiger partial charge in [-0.2, -0.15) is 0 Å². The molecule has 0 heterocycles. The van der Waals surface area contributed by atoms with E-state index in [4.69, 9.17) is 4.74 Å². The molecule has 1 aromatic rings. The van der Waals surface area contributed by atoms with Gasteiger partial charge in [-0.25, -0.2) is 8.42 Å². The van der Waals surface area contributed by atoms with Gasteiger partial charge in [0, 0.05) is 5.56 Å². The molecule has 0 atom stereocenters. The summed E-state index contributed by atoms with van der Waals surface area (Å²) >= 11 is 0. The predicted molar refractivity (Wildman–Crippen MR) is 66.1 cm³/mol. The highest BCUT2D eigenvalue weighted by atomic mass is 32.2. The summed E-state index contributed by atoms with van der Waals surface area (Å²) in [5.41, 5.74) is 0.710. The van der Waals surface area contributed by atoms with E-state index >= 15 is 0 Å². The molecule has 0 saturated carbocycles. The van der Waals surface area contributed by atoms with Crippen LogP contribution in [0.15, 0.2) is 18.2 Å². The van der Waals surface area contributed by atoms with Crippen molar-refractivity contribution in [2.45, 2.75) is 13.8 Å². The van der Waals surface area contributed by atoms with E-state index in [1.165, 1.54) is 13.0 Å². The molecule has 1 aromatic carbocycles. The average Bonchev–Trinajstić information content (AvgIpc) is 2.18. The molecule has 0 aliphatic rings. The van der Waals surface area contributed by atoms with Crippen LogP contribution < -0.4 is 9.46 Å². The fourth-order valence-corrected chi connectivity index (χ4v) is 1.87. The van der Waals surface area contributed by atoms with Crippen LogP contribution in [0.5, 0.6) is 5.75 Å². The van der Waals surface area contributed by atoms with Crippen LogP contribution in [0.2, 0.25) is 0 Å². The highest BCUT2D eigenvalue weighted by molar-refractivity contribution is 7.92. The van der Waals surface area contributed by atoms with Crippen LogP contribution in [-0.4, -0.2) is 27.1 Å². The molecule has 94 valence electrons. The lowest BCUT2D eigenvalue weighted by Crippen LogP contribution is -2.11. The van der Waals surface area contributed by atoms with Crippen LogP contribution in [0.25, 0.3) is 0 Å². The summed E-state index contributed by atoms with van der Waals surface area (Å²) in [6.07, 6.45) is 1.04. The Kier molecular flexibility index (Phi) is 4.11. The third kappa shape index (κ3) is 4.07. The van der Waals surface area contributed by atoms with Crippen LogP contribution in [-0.2, 0) is 10.0 Å². The van der Waals surface area contributed by atoms with Gasteiger partial charge in [-0.15, -0.1) is 0 Å². The zero-order chi connectivity index (χ0) is 13.1. The van der Waals surface area contributed by atoms with Gasteiger partial charge in [0.2, 0.25) is 10.0 Å². The van der Waals surface area contributed by atoms with Crippen molar-refractivity contribution in [1.29, 1.82) is 0 Å². The number of benzene rings is 1. The van der Waals surface area contributed by atoms with Gasteiger partial charge in [-0.1, -0.05) is 0 Å². The van der Waals surface area contributed by atoms with Crippen LogP contribution in [0, 0.1) is 0 Å². The Morgan fingerprint density at radius 3 is 2.53 bits per heavy atom. The number of hydrogen-bond donors (Lipinski definition) is 1. The number of nitrogens with one attached hydrogen (secondary N) is 1. The van der Waals surface area contributed by atoms with Crippen molar-refractivity contribution in [1.82, 2.24) is 0 Å². The highest BCUT2D eigenvalue weighted by Crippen LogP contribution is 2.26. The molecule has 0 aliphatic heterocycles. The van der Waals surface area contributed by atoms with Gasteiger partial charge >= 0.3 is 0 Å². The lowest BCUT2D eigenvalue weighted by Gasteiger charge is -2.12. The molecule has 1 rings (SSSR count). The van der Waals surface area contributed by atoms with Crippen molar-refractivity contribution >= 4 is 21.5 Å². The van der Waals surface area contributed by atoms with Crippen LogP contribution in [0.1, 0.15) is 24.2 Å². The van der Waals surface area contributed by atoms with Crippen LogP contribution in [0.4, 0.5) is 5.69 Å². The Morgan fingerprint density at radius 1 is 1.41 bits per heavy atom. The monoisotopic (exact) mass is 257 g/mol. The second kappa shape index (κ2) is 5.18. The minimum Gasteiger partial charge on any atom is -0.492 e. The topological polar surface area (TPSA) is 72.5 Å². The third-order valence-corrected chi connectivity index (χ3v) is 2.57. The lowest BCUT2D eigenvalue weighted by molar-refractivity contribution is 0.101. The zero-order valence-corrected chi connectivity index (χ0v) is 10.8. The Morgan fingerprint density at radius 2 is 2.06 bits per heavy atom. The first-order chi connectivity index (χ1) is 7.83. The molecule has 0 fully saturated rings. The SMILES string of the molecule is CCOc1ccc(C(C)=O)cc1NS(C)(=O)=O. The lowest BCUT2D eigenvalue weighted by atomic mass is 10.1. The highest BCUT2D eigenvalue weighted by Gasteiger charge is 2.11. The molecule has 0 aliphatic carbocycles. The van der Waals surface area contributed by atoms with Crippen molar-refractivity contribution in [2.75, 3.05) is 17.6 Å². The number of rotatable bonds is 5. The van der Waals surface area contributed by atoms with E-state index in [0.717, 1.165) is 6.26 Å². The number of hydrogen-bond acceptors (Lipinski definition) is 4. The molecule has 0 saturated heterocycles. The molecule has 0 amide bonds. The maximum Gasteiger partial charge on any atom is 0.229 e. The maximum atomic E-state index is 11.2. The summed E-state index contributed by atoms with van der Waals surface area (Å²) in [7, 11) is -3.40. The fraction of sp³-hybridized carbons (Fsp3) is 0.364. The first-order valence-electron chi connectivity index (χ1n) is 5.09. The van der Waals surface area contributed by atoms with Gasteiger partial charge in [0.15, 0.2) is 5.78 Å². The molecule has 6 heteroatoms. The number of Topliss-reactive ketones (excluding diaryl/α,β-unsaturated/α-hetero) is 1. The van der Waals surface area contributed by atoms with Crippen molar-refractivity contribution in [3.05, 3.63) is 23.8 Å². The summed E-state index contributed by atoms with van der Waals surface area (Å²) in [6, 6.07) is 4.64. The van der Waals surface area contributed by atoms with E-state index in [1.807, 2.05) is 0 Å². The molecule has 0 unspecified atom stereocenters. The Hall–Kier alpha value is -1.56. The minimum atomic E-state index is -3.40. The number of carbonyl (C=O) groups excluding carboxylic acids is 1. The minimum absolute atomic E-state index is 0.135. The molecule has 0 radical (unpaired) electrons. The molecule has 0 bridgehead atoms. The van der Waals surface area contributed by atoms with Gasteiger partial charge in [0.05, 0.1) is 18.6 Å². The van der Waals surface area contributed by atoms with Crippen molar-refractivity contribution < 1.29 is 17.9 Å². The van der Waals surface area contributed by atoms with E-state index in [0.29, 0.717) is 17.9 Å². The Bertz CT molecular complexity index is 522. The predicted octanol–water partition coefficient (Wildman–Crippen LogP) is 1.66. The van der Waals surface area contributed by atoms with E-state index in [1.54, 1.807) is 19.1 Å². The molecule has 0 aromatic heterocycles. The van der Waals surface area contributed by atoms with Gasteiger partial charge in [-0.3, -0.25) is 9.52 Å². The van der Waals surface area contributed by atoms with Gasteiger partial charge in [0.1, 0.15) is 5.75 Å². The Balaban J connectivity index is 3.20. The third-order valence-electron chi connectivity index (χ3n) is 1.98. The number of sulfonamides is 1. The molecular weight excluding hydrogens is 242 g/mol. The molecule has 1 N–H and O–H groups in total. The molecule has 17 heavy (non-hydrogen) atoms. The van der Waals surface area contributed by atoms with Crippen molar-refractivity contribution in [3.63, 3.8) is 0 Å². The summed E-state index contributed by atoms with van der Waals surface area (Å²) in [6.45, 7) is 3.63. The van der Waals surface area contributed by atoms with Crippen LogP contribution in [0.3, 0.4) is 0 Å². The summed E-state index contributed by atoms with van der Waals surface area (Å²) in [5, 5.41) is 0. The van der Waals surface area contributed by atoms with E-state index in [9.17, 15) is 13.2 Å². The number of ketones is 1. The second-order valence-corrected chi connectivity index (χ2v) is 5.32. The molecule has 0 spiro atoms. The standard InChI is InChI=1S/C11H15NO4S/c1-4-16-11-6-5-9(8(2)13)7-10(11)12-17(3,14)15/h5-7,12H,4H2,1-3H3. The van der Waals surface area contributed by atoms with E-state index in [2.05, 4.69) is 4.72 Å². The maximum absolute atomic E-state index is 11.2. The fourth-order valence-electron chi connectivity index (χ4n) is 1.31. The summed E-state index contributed by atoms with van der Waals surface area (Å²) in [5.74, 6) is 0.271. The number of carbonyl (C=O) groups is 1. The molecular formula is C11H15NO4S. The van der Waals surface area contributed by atoms with Crippen molar-refractivity contribution in [3.8, 4) is 5.75 Å². The first kappa shape index (κ1) is 13.5. The van der Waals surface area contributed by atoms with E-state index in [-0.39, 0.29) is 11.5 Å². The van der Waals surface area contributed by atoms with Gasteiger partial charge < -0.3 is 4.74 Å². The second-order valence-electron chi connectivity index (χ2n) is 3.57. The summed E-state index contributed by atoms with van der Waals surface area (Å²) < 4.78 is 30.0. The average molecular weight is 257 g/mol. The van der Waals surface area contributed by atoms with Gasteiger partial charge in [-0.05, 0) is 32.0 Å².